The first-order chi connectivity index (χ1) is 31.9. The number of hydrogen-bond donors (Lipinski definition) is 1. The summed E-state index contributed by atoms with van der Waals surface area (Å²) in [7, 11) is 0. The molecule has 12 aliphatic carbocycles. The number of rotatable bonds is 6. The van der Waals surface area contributed by atoms with E-state index in [-0.39, 0.29) is 58.4 Å². The third-order valence-corrected chi connectivity index (χ3v) is 21.0. The zero-order valence-electron chi connectivity index (χ0n) is 41.8. The molecule has 3 aromatic carbocycles. The number of H-pyrrole nitrogens is 1. The van der Waals surface area contributed by atoms with Crippen LogP contribution in [0.2, 0.25) is 0 Å². The van der Waals surface area contributed by atoms with Crippen molar-refractivity contribution in [2.45, 2.75) is 191 Å². The molecule has 0 atom stereocenters. The normalized spacial score (nSPS) is 35.0. The van der Waals surface area contributed by atoms with Gasteiger partial charge in [0.25, 0.3) is 0 Å². The van der Waals surface area contributed by atoms with Gasteiger partial charge >= 0.3 is 0 Å². The largest absolute Gasteiger partial charge is 0.573 e. The van der Waals surface area contributed by atoms with Crippen LogP contribution in [0.4, 0.5) is 0 Å². The molecule has 0 saturated heterocycles. The summed E-state index contributed by atoms with van der Waals surface area (Å²) in [5.74, 6) is 10.5. The Kier molecular flexibility index (Phi) is 14.2. The van der Waals surface area contributed by atoms with E-state index in [4.69, 9.17) is 4.42 Å². The third-order valence-electron chi connectivity index (χ3n) is 20.1. The first kappa shape index (κ1) is 50.9. The topological polar surface area (TPSA) is 67.6 Å². The van der Waals surface area contributed by atoms with Crippen molar-refractivity contribution in [2.75, 3.05) is 0 Å². The molecule has 3 heterocycles. The number of aromatic amines is 1. The van der Waals surface area contributed by atoms with Gasteiger partial charge in [0.15, 0.2) is 0 Å². The van der Waals surface area contributed by atoms with Crippen LogP contribution in [0.25, 0.3) is 32.3 Å². The number of oxazole rings is 1. The Morgan fingerprint density at radius 2 is 0.855 bits per heavy atom. The fourth-order valence-corrected chi connectivity index (χ4v) is 19.3. The summed E-state index contributed by atoms with van der Waals surface area (Å²) in [5.41, 5.74) is 19.0. The van der Waals surface area contributed by atoms with Crippen molar-refractivity contribution in [1.82, 2.24) is 19.9 Å². The van der Waals surface area contributed by atoms with Gasteiger partial charge in [0.1, 0.15) is 6.39 Å². The minimum absolute atomic E-state index is 0. The Morgan fingerprint density at radius 1 is 0.478 bits per heavy atom. The maximum absolute atomic E-state index is 5.74. The molecule has 3 radical (unpaired) electrons. The minimum Gasteiger partial charge on any atom is -0.573 e. The van der Waals surface area contributed by atoms with Crippen LogP contribution in [0.3, 0.4) is 0 Å². The Balaban J connectivity index is 0.000000118. The third kappa shape index (κ3) is 8.94. The second kappa shape index (κ2) is 19.2. The van der Waals surface area contributed by atoms with Crippen LogP contribution in [0.1, 0.15) is 208 Å². The van der Waals surface area contributed by atoms with E-state index >= 15 is 0 Å². The monoisotopic (exact) mass is 1210 g/mol. The summed E-state index contributed by atoms with van der Waals surface area (Å²) in [6.07, 6.45) is 31.9. The first-order valence-corrected chi connectivity index (χ1v) is 27.7. The van der Waals surface area contributed by atoms with E-state index in [9.17, 15) is 0 Å². The van der Waals surface area contributed by atoms with Crippen molar-refractivity contribution < 1.29 is 62.9 Å². The van der Waals surface area contributed by atoms with E-state index in [0.717, 1.165) is 69.9 Å². The quantitative estimate of drug-likeness (QED) is 0.133. The smallest absolute Gasteiger partial charge is 0.103 e. The molecule has 0 amide bonds. The van der Waals surface area contributed by atoms with Crippen molar-refractivity contribution in [3.05, 3.63) is 88.0 Å². The zero-order chi connectivity index (χ0) is 44.7. The second-order valence-corrected chi connectivity index (χ2v) is 26.6. The molecule has 0 spiro atoms. The Morgan fingerprint density at radius 3 is 1.30 bits per heavy atom. The summed E-state index contributed by atoms with van der Waals surface area (Å²) in [4.78, 5) is 16.7. The molecule has 12 bridgehead atoms. The molecule has 5 nitrogen and oxygen atoms in total. The van der Waals surface area contributed by atoms with Gasteiger partial charge in [-0.1, -0.05) is 133 Å². The first-order valence-electron chi connectivity index (χ1n) is 26.9. The number of thiazole rings is 1. The molecule has 0 aliphatic heterocycles. The molecule has 0 unspecified atom stereocenters. The maximum atomic E-state index is 5.74. The molecule has 6 aromatic rings. The minimum atomic E-state index is 0. The van der Waals surface area contributed by atoms with E-state index in [1.54, 1.807) is 22.5 Å². The Labute approximate surface area is 455 Å². The van der Waals surface area contributed by atoms with Gasteiger partial charge in [-0.3, -0.25) is 11.3 Å². The fourth-order valence-electron chi connectivity index (χ4n) is 18.4. The predicted octanol–water partition coefficient (Wildman–Crippen LogP) is 15.9. The SMILES string of the molecule is CC(C)c1cc(C23CC4CC(CC(C4)C2)C3)c2[nH][c-]nc2c1.CC(C)c1cc(C23CC4CC(CC(C4)C2)C3)c2o[c-]nc2c1.CC(C)c1cc(C23CC4CC(CC(C4)C2)C3)c2s[c-]nc2c1.[Rh].[Rh].[Rh]. The molecule has 9 heteroatoms. The van der Waals surface area contributed by atoms with Gasteiger partial charge < -0.3 is 24.4 Å². The van der Waals surface area contributed by atoms with Crippen LogP contribution in [0, 0.1) is 71.5 Å². The number of benzene rings is 3. The number of hydrogen-bond acceptors (Lipinski definition) is 5. The maximum Gasteiger partial charge on any atom is 0.103 e. The van der Waals surface area contributed by atoms with Gasteiger partial charge in [-0.25, -0.2) is 0 Å². The van der Waals surface area contributed by atoms with Crippen LogP contribution < -0.4 is 0 Å². The number of fused-ring (bicyclic) bond motifs is 3. The van der Waals surface area contributed by atoms with Crippen molar-refractivity contribution >= 4 is 43.7 Å². The van der Waals surface area contributed by atoms with Gasteiger partial charge in [-0.2, -0.15) is 0 Å². The molecule has 12 aliphatic rings. The number of nitrogens with zero attached hydrogens (tertiary/aromatic N) is 3. The average Bonchev–Trinajstić information content (AvgIpc) is 4.06. The van der Waals surface area contributed by atoms with Crippen molar-refractivity contribution in [3.63, 3.8) is 0 Å². The van der Waals surface area contributed by atoms with E-state index in [1.165, 1.54) is 154 Å². The van der Waals surface area contributed by atoms with Gasteiger partial charge in [-0.15, -0.1) is 0 Å². The number of imidazole rings is 1. The van der Waals surface area contributed by atoms with Crippen LogP contribution >= 0.6 is 11.3 Å². The van der Waals surface area contributed by atoms with Crippen LogP contribution in [-0.4, -0.2) is 19.9 Å². The van der Waals surface area contributed by atoms with E-state index < -0.39 is 0 Å². The summed E-state index contributed by atoms with van der Waals surface area (Å²) in [6.45, 7) is 13.7. The molecule has 69 heavy (non-hydrogen) atoms. The van der Waals surface area contributed by atoms with Gasteiger partial charge in [0.2, 0.25) is 0 Å². The zero-order valence-corrected chi connectivity index (χ0v) is 47.5. The van der Waals surface area contributed by atoms with Crippen molar-refractivity contribution in [3.8, 4) is 0 Å². The van der Waals surface area contributed by atoms with Crippen molar-refractivity contribution in [2.24, 2.45) is 53.3 Å². The molecule has 1 N–H and O–H groups in total. The molecular formula is C60H73N4ORh3S-3. The Hall–Kier alpha value is -1.64. The number of nitrogens with one attached hydrogen (secondary N) is 1. The van der Waals surface area contributed by atoms with Crippen LogP contribution in [0.15, 0.2) is 40.8 Å². The van der Waals surface area contributed by atoms with Gasteiger partial charge in [0.05, 0.1) is 0 Å². The average molecular weight is 1210 g/mol. The molecular weight excluding hydrogens is 1130 g/mol. The van der Waals surface area contributed by atoms with E-state index in [0.29, 0.717) is 34.0 Å². The summed E-state index contributed by atoms with van der Waals surface area (Å²) >= 11 is 1.75. The Bertz CT molecular complexity index is 2390. The molecule has 18 rings (SSSR count). The van der Waals surface area contributed by atoms with Gasteiger partial charge in [0, 0.05) is 58.4 Å². The van der Waals surface area contributed by atoms with Crippen molar-refractivity contribution in [1.29, 1.82) is 0 Å². The second-order valence-electron chi connectivity index (χ2n) is 25.8. The fraction of sp³-hybridized carbons (Fsp3) is 0.650. The van der Waals surface area contributed by atoms with E-state index in [1.807, 2.05) is 0 Å². The molecule has 375 valence electrons. The van der Waals surface area contributed by atoms with E-state index in [2.05, 4.69) is 116 Å². The van der Waals surface area contributed by atoms with Crippen LogP contribution in [0.5, 0.6) is 0 Å². The predicted molar refractivity (Wildman–Crippen MR) is 268 cm³/mol. The van der Waals surface area contributed by atoms with Crippen LogP contribution in [-0.2, 0) is 74.7 Å². The number of aromatic nitrogens is 4. The summed E-state index contributed by atoms with van der Waals surface area (Å²) < 4.78 is 7.17. The molecule has 3 aromatic heterocycles. The molecule has 12 saturated carbocycles. The summed E-state index contributed by atoms with van der Waals surface area (Å²) in [5, 5.41) is 0. The standard InChI is InChI=1S/C20H25N2.C20H24NO.C20H24NS.3Rh/c3*1-12(2)16-6-17(19-18(7-16)21-11-22-19)20-8-13-3-14(9-20)5-15(4-13)10-20;;;/h6-7,12-15H,3-5,8-10H2,1-2H3,(H,21,22);2*6-7,12-15H,3-5,8-10H2,1-2H3;;;/q3*-1;;;. The summed E-state index contributed by atoms with van der Waals surface area (Å²) in [6, 6.07) is 14.3. The van der Waals surface area contributed by atoms with Gasteiger partial charge in [-0.05, 0) is 226 Å². The molecule has 12 fully saturated rings.